The molecule has 1 atom stereocenters. The third kappa shape index (κ3) is 3.11. The first-order valence-corrected chi connectivity index (χ1v) is 6.26. The van der Waals surface area contributed by atoms with Gasteiger partial charge in [-0.1, -0.05) is 0 Å². The molecule has 0 spiro atoms. The summed E-state index contributed by atoms with van der Waals surface area (Å²) in [6, 6.07) is -0.151. The lowest BCUT2D eigenvalue weighted by atomic mass is 10.2. The highest BCUT2D eigenvalue weighted by Gasteiger charge is 2.30. The number of amides is 1. The molecular formula is C12H19N5O2. The number of ether oxygens (including phenoxy) is 1. The van der Waals surface area contributed by atoms with Gasteiger partial charge < -0.3 is 10.1 Å². The van der Waals surface area contributed by atoms with Crippen molar-refractivity contribution in [3.8, 4) is 0 Å². The molecule has 1 amide bonds. The molecule has 1 fully saturated rings. The van der Waals surface area contributed by atoms with Crippen LogP contribution in [0.3, 0.4) is 0 Å². The Labute approximate surface area is 112 Å². The normalized spacial score (nSPS) is 20.9. The first kappa shape index (κ1) is 13.5. The zero-order valence-electron chi connectivity index (χ0n) is 11.4. The standard InChI is InChI=1S/C12H19N5O2/c1-8(2)17-7-9(6-14-17)10-11(18)16-12(15-10)13-4-5-19-3/h6-8,10H,4-5H2,1-3H3,(H2,13,15,16,18). The van der Waals surface area contributed by atoms with E-state index in [0.717, 1.165) is 5.56 Å². The van der Waals surface area contributed by atoms with Gasteiger partial charge in [-0.05, 0) is 13.8 Å². The number of aromatic nitrogens is 2. The highest BCUT2D eigenvalue weighted by Crippen LogP contribution is 2.17. The average molecular weight is 265 g/mol. The Morgan fingerprint density at radius 3 is 3.00 bits per heavy atom. The number of aliphatic imine (C=N–C) groups is 1. The van der Waals surface area contributed by atoms with Crippen LogP contribution in [0, 0.1) is 0 Å². The van der Waals surface area contributed by atoms with Crippen molar-refractivity contribution >= 4 is 11.9 Å². The summed E-state index contributed by atoms with van der Waals surface area (Å²) in [4.78, 5) is 16.1. The van der Waals surface area contributed by atoms with Gasteiger partial charge in [0.25, 0.3) is 5.91 Å². The van der Waals surface area contributed by atoms with E-state index < -0.39 is 6.04 Å². The van der Waals surface area contributed by atoms with E-state index in [4.69, 9.17) is 4.74 Å². The van der Waals surface area contributed by atoms with Crippen molar-refractivity contribution < 1.29 is 9.53 Å². The lowest BCUT2D eigenvalue weighted by Gasteiger charge is -2.05. The highest BCUT2D eigenvalue weighted by atomic mass is 16.5. The number of rotatable bonds is 5. The Hall–Kier alpha value is -1.89. The second-order valence-corrected chi connectivity index (χ2v) is 4.64. The van der Waals surface area contributed by atoms with Crippen LogP contribution in [0.5, 0.6) is 0 Å². The molecule has 0 bridgehead atoms. The average Bonchev–Trinajstić information content (AvgIpc) is 2.96. The first-order chi connectivity index (χ1) is 9.11. The van der Waals surface area contributed by atoms with Crippen LogP contribution < -0.4 is 10.6 Å². The quantitative estimate of drug-likeness (QED) is 0.747. The predicted molar refractivity (Wildman–Crippen MR) is 70.8 cm³/mol. The van der Waals surface area contributed by atoms with Crippen molar-refractivity contribution in [2.45, 2.75) is 25.9 Å². The van der Waals surface area contributed by atoms with Gasteiger partial charge in [0, 0.05) is 24.9 Å². The number of hydrogen-bond acceptors (Lipinski definition) is 4. The maximum absolute atomic E-state index is 11.9. The Bertz CT molecular complexity index is 480. The molecule has 1 aliphatic heterocycles. The van der Waals surface area contributed by atoms with Gasteiger partial charge in [0.1, 0.15) is 6.04 Å². The molecule has 104 valence electrons. The molecule has 2 rings (SSSR count). The maximum atomic E-state index is 11.9. The van der Waals surface area contributed by atoms with E-state index in [0.29, 0.717) is 19.1 Å². The van der Waals surface area contributed by atoms with Crippen molar-refractivity contribution in [2.75, 3.05) is 20.3 Å². The smallest absolute Gasteiger partial charge is 0.254 e. The fraction of sp³-hybridized carbons (Fsp3) is 0.583. The molecule has 1 unspecified atom stereocenters. The molecular weight excluding hydrogens is 246 g/mol. The Kier molecular flexibility index (Phi) is 4.16. The summed E-state index contributed by atoms with van der Waals surface area (Å²) in [5, 5.41) is 9.99. The van der Waals surface area contributed by atoms with Crippen molar-refractivity contribution in [2.24, 2.45) is 4.99 Å². The number of guanidine groups is 1. The molecule has 0 aromatic carbocycles. The molecule has 1 aromatic heterocycles. The number of hydrogen-bond donors (Lipinski definition) is 2. The monoisotopic (exact) mass is 265 g/mol. The Balaban J connectivity index is 2.04. The number of nitrogens with zero attached hydrogens (tertiary/aromatic N) is 3. The van der Waals surface area contributed by atoms with Crippen LogP contribution in [0.4, 0.5) is 0 Å². The summed E-state index contributed by atoms with van der Waals surface area (Å²) in [6.07, 6.45) is 3.58. The zero-order valence-corrected chi connectivity index (χ0v) is 11.4. The predicted octanol–water partition coefficient (Wildman–Crippen LogP) is 0.227. The number of carbonyl (C=O) groups is 1. The van der Waals surface area contributed by atoms with Crippen molar-refractivity contribution in [3.05, 3.63) is 18.0 Å². The van der Waals surface area contributed by atoms with Crippen LogP contribution in [0.1, 0.15) is 31.5 Å². The molecule has 7 nitrogen and oxygen atoms in total. The third-order valence-corrected chi connectivity index (χ3v) is 2.83. The SMILES string of the molecule is COCCN=C1NC(=O)C(c2cnn(C(C)C)c2)N1. The van der Waals surface area contributed by atoms with Gasteiger partial charge >= 0.3 is 0 Å². The number of nitrogens with one attached hydrogen (secondary N) is 2. The molecule has 2 N–H and O–H groups in total. The van der Waals surface area contributed by atoms with Crippen LogP contribution >= 0.6 is 0 Å². The van der Waals surface area contributed by atoms with E-state index >= 15 is 0 Å². The van der Waals surface area contributed by atoms with Crippen molar-refractivity contribution in [3.63, 3.8) is 0 Å². The van der Waals surface area contributed by atoms with Gasteiger partial charge in [-0.25, -0.2) is 0 Å². The van der Waals surface area contributed by atoms with Crippen LogP contribution in [0.15, 0.2) is 17.4 Å². The topological polar surface area (TPSA) is 80.5 Å². The highest BCUT2D eigenvalue weighted by molar-refractivity contribution is 6.06. The lowest BCUT2D eigenvalue weighted by Crippen LogP contribution is -2.26. The molecule has 1 aromatic rings. The van der Waals surface area contributed by atoms with Gasteiger partial charge in [0.2, 0.25) is 0 Å². The van der Waals surface area contributed by atoms with Gasteiger partial charge in [-0.15, -0.1) is 0 Å². The fourth-order valence-electron chi connectivity index (χ4n) is 1.78. The van der Waals surface area contributed by atoms with E-state index in [-0.39, 0.29) is 11.9 Å². The second-order valence-electron chi connectivity index (χ2n) is 4.64. The molecule has 2 heterocycles. The van der Waals surface area contributed by atoms with Crippen LogP contribution in [-0.2, 0) is 9.53 Å². The van der Waals surface area contributed by atoms with E-state index in [9.17, 15) is 4.79 Å². The molecule has 7 heteroatoms. The van der Waals surface area contributed by atoms with E-state index in [1.165, 1.54) is 0 Å². The van der Waals surface area contributed by atoms with Gasteiger partial charge in [0.15, 0.2) is 5.96 Å². The largest absolute Gasteiger partial charge is 0.383 e. The minimum atomic E-state index is -0.422. The minimum absolute atomic E-state index is 0.112. The second kappa shape index (κ2) is 5.83. The maximum Gasteiger partial charge on any atom is 0.254 e. The van der Waals surface area contributed by atoms with Crippen LogP contribution in [0.25, 0.3) is 0 Å². The minimum Gasteiger partial charge on any atom is -0.383 e. The van der Waals surface area contributed by atoms with Crippen molar-refractivity contribution in [1.82, 2.24) is 20.4 Å². The fourth-order valence-corrected chi connectivity index (χ4v) is 1.78. The summed E-state index contributed by atoms with van der Waals surface area (Å²) in [5.41, 5.74) is 0.836. The van der Waals surface area contributed by atoms with E-state index in [2.05, 4.69) is 20.7 Å². The molecule has 1 aliphatic rings. The first-order valence-electron chi connectivity index (χ1n) is 6.26. The Morgan fingerprint density at radius 1 is 1.58 bits per heavy atom. The summed E-state index contributed by atoms with van der Waals surface area (Å²) in [7, 11) is 1.62. The van der Waals surface area contributed by atoms with Gasteiger partial charge in [0.05, 0.1) is 19.3 Å². The Morgan fingerprint density at radius 2 is 2.37 bits per heavy atom. The summed E-state index contributed by atoms with van der Waals surface area (Å²) < 4.78 is 6.73. The van der Waals surface area contributed by atoms with Gasteiger partial charge in [-0.3, -0.25) is 19.8 Å². The number of carbonyl (C=O) groups excluding carboxylic acids is 1. The van der Waals surface area contributed by atoms with Crippen LogP contribution in [0.2, 0.25) is 0 Å². The lowest BCUT2D eigenvalue weighted by molar-refractivity contribution is -0.120. The van der Waals surface area contributed by atoms with E-state index in [1.807, 2.05) is 24.7 Å². The molecule has 19 heavy (non-hydrogen) atoms. The molecule has 0 radical (unpaired) electrons. The third-order valence-electron chi connectivity index (χ3n) is 2.83. The molecule has 0 aliphatic carbocycles. The van der Waals surface area contributed by atoms with Crippen molar-refractivity contribution in [1.29, 1.82) is 0 Å². The molecule has 0 saturated carbocycles. The number of methoxy groups -OCH3 is 1. The van der Waals surface area contributed by atoms with Gasteiger partial charge in [-0.2, -0.15) is 5.10 Å². The summed E-state index contributed by atoms with van der Waals surface area (Å²) in [6.45, 7) is 5.11. The van der Waals surface area contributed by atoms with E-state index in [1.54, 1.807) is 13.3 Å². The summed E-state index contributed by atoms with van der Waals surface area (Å²) in [5.74, 6) is 0.379. The summed E-state index contributed by atoms with van der Waals surface area (Å²) >= 11 is 0. The molecule has 1 saturated heterocycles. The van der Waals surface area contributed by atoms with Crippen LogP contribution in [-0.4, -0.2) is 41.9 Å². The zero-order chi connectivity index (χ0) is 13.8.